The number of rotatable bonds is 4. The lowest BCUT2D eigenvalue weighted by molar-refractivity contribution is -0.135. The number of aryl methyl sites for hydroxylation is 2. The predicted octanol–water partition coefficient (Wildman–Crippen LogP) is 0.365. The van der Waals surface area contributed by atoms with Crippen LogP contribution in [0, 0.1) is 0 Å². The van der Waals surface area contributed by atoms with Gasteiger partial charge in [0.05, 0.1) is 5.52 Å². The molecule has 0 radical (unpaired) electrons. The van der Waals surface area contributed by atoms with E-state index in [0.717, 1.165) is 17.5 Å². The van der Waals surface area contributed by atoms with Gasteiger partial charge in [-0.2, -0.15) is 0 Å². The van der Waals surface area contributed by atoms with E-state index in [1.54, 1.807) is 22.9 Å². The number of hydrogen-bond acceptors (Lipinski definition) is 4. The first kappa shape index (κ1) is 15.3. The van der Waals surface area contributed by atoms with Crippen molar-refractivity contribution in [2.45, 2.75) is 12.8 Å². The summed E-state index contributed by atoms with van der Waals surface area (Å²) in [5.41, 5.74) is 2.28. The number of aromatic nitrogens is 1. The second-order valence-electron chi connectivity index (χ2n) is 5.75. The van der Waals surface area contributed by atoms with Crippen molar-refractivity contribution in [3.8, 4) is 0 Å². The van der Waals surface area contributed by atoms with Gasteiger partial charge in [0, 0.05) is 39.6 Å². The second kappa shape index (κ2) is 6.28. The minimum Gasteiger partial charge on any atom is -0.408 e. The maximum Gasteiger partial charge on any atom is 0.419 e. The maximum absolute atomic E-state index is 12.2. The van der Waals surface area contributed by atoms with Crippen LogP contribution in [0.5, 0.6) is 0 Å². The first-order chi connectivity index (χ1) is 11.1. The highest BCUT2D eigenvalue weighted by Crippen LogP contribution is 2.16. The van der Waals surface area contributed by atoms with E-state index in [4.69, 9.17) is 4.42 Å². The Kier molecular flexibility index (Phi) is 4.18. The Morgan fingerprint density at radius 1 is 1.26 bits per heavy atom. The first-order valence-corrected chi connectivity index (χ1v) is 7.64. The largest absolute Gasteiger partial charge is 0.419 e. The molecule has 7 heteroatoms. The van der Waals surface area contributed by atoms with Crippen LogP contribution >= 0.6 is 0 Å². The van der Waals surface area contributed by atoms with Gasteiger partial charge in [-0.3, -0.25) is 14.2 Å². The summed E-state index contributed by atoms with van der Waals surface area (Å²) in [6.07, 6.45) is 1.85. The smallest absolute Gasteiger partial charge is 0.408 e. The van der Waals surface area contributed by atoms with E-state index in [0.29, 0.717) is 44.6 Å². The van der Waals surface area contributed by atoms with E-state index in [1.807, 2.05) is 12.1 Å². The number of carbonyl (C=O) groups excluding carboxylic acids is 2. The molecule has 1 saturated heterocycles. The molecule has 0 unspecified atom stereocenters. The minimum absolute atomic E-state index is 0.0942. The van der Waals surface area contributed by atoms with Crippen molar-refractivity contribution in [1.29, 1.82) is 0 Å². The molecular formula is C16H19N3O4. The SMILES string of the molecule is Cn1c(=O)oc2ccc(CCC(=O)N3CCN(C=O)CC3)cc21. The van der Waals surface area contributed by atoms with Gasteiger partial charge in [-0.15, -0.1) is 0 Å². The van der Waals surface area contributed by atoms with Gasteiger partial charge in [-0.05, 0) is 24.1 Å². The number of amides is 2. The van der Waals surface area contributed by atoms with Crippen LogP contribution < -0.4 is 5.76 Å². The van der Waals surface area contributed by atoms with Crippen LogP contribution in [0.4, 0.5) is 0 Å². The number of benzene rings is 1. The second-order valence-corrected chi connectivity index (χ2v) is 5.75. The highest BCUT2D eigenvalue weighted by molar-refractivity contribution is 5.77. The van der Waals surface area contributed by atoms with Gasteiger partial charge in [-0.1, -0.05) is 6.07 Å². The van der Waals surface area contributed by atoms with Crippen LogP contribution in [0.15, 0.2) is 27.4 Å². The molecule has 23 heavy (non-hydrogen) atoms. The fraction of sp³-hybridized carbons (Fsp3) is 0.438. The summed E-state index contributed by atoms with van der Waals surface area (Å²) in [5.74, 6) is -0.294. The predicted molar refractivity (Wildman–Crippen MR) is 84.0 cm³/mol. The van der Waals surface area contributed by atoms with Gasteiger partial charge in [0.15, 0.2) is 5.58 Å². The Morgan fingerprint density at radius 3 is 2.70 bits per heavy atom. The Hall–Kier alpha value is -2.57. The monoisotopic (exact) mass is 317 g/mol. The first-order valence-electron chi connectivity index (χ1n) is 7.64. The van der Waals surface area contributed by atoms with Gasteiger partial charge < -0.3 is 14.2 Å². The molecule has 0 bridgehead atoms. The van der Waals surface area contributed by atoms with Crippen LogP contribution in [0.3, 0.4) is 0 Å². The summed E-state index contributed by atoms with van der Waals surface area (Å²) in [7, 11) is 1.66. The number of hydrogen-bond donors (Lipinski definition) is 0. The molecule has 1 aliphatic heterocycles. The standard InChI is InChI=1S/C16H19N3O4/c1-17-13-10-12(2-4-14(13)23-16(17)22)3-5-15(21)19-8-6-18(11-20)7-9-19/h2,4,10-11H,3,5-9H2,1H3. The molecule has 1 aromatic carbocycles. The molecule has 0 atom stereocenters. The summed E-state index contributed by atoms with van der Waals surface area (Å²) in [6.45, 7) is 2.37. The van der Waals surface area contributed by atoms with Crippen LogP contribution in [-0.4, -0.2) is 52.9 Å². The van der Waals surface area contributed by atoms with Gasteiger partial charge >= 0.3 is 5.76 Å². The molecule has 2 aromatic rings. The van der Waals surface area contributed by atoms with E-state index >= 15 is 0 Å². The Balaban J connectivity index is 1.62. The molecule has 1 aliphatic rings. The minimum atomic E-state index is -0.388. The zero-order valence-corrected chi connectivity index (χ0v) is 13.0. The maximum atomic E-state index is 12.2. The van der Waals surface area contributed by atoms with Crippen LogP contribution in [0.1, 0.15) is 12.0 Å². The third-order valence-corrected chi connectivity index (χ3v) is 4.30. The molecule has 1 aromatic heterocycles. The molecule has 7 nitrogen and oxygen atoms in total. The summed E-state index contributed by atoms with van der Waals surface area (Å²) < 4.78 is 6.55. The van der Waals surface area contributed by atoms with Gasteiger partial charge in [0.25, 0.3) is 0 Å². The van der Waals surface area contributed by atoms with Crippen molar-refractivity contribution in [1.82, 2.24) is 14.4 Å². The van der Waals surface area contributed by atoms with Crippen molar-refractivity contribution in [2.75, 3.05) is 26.2 Å². The van der Waals surface area contributed by atoms with Crippen molar-refractivity contribution in [3.05, 3.63) is 34.3 Å². The number of piperazine rings is 1. The van der Waals surface area contributed by atoms with E-state index in [1.165, 1.54) is 4.57 Å². The lowest BCUT2D eigenvalue weighted by Crippen LogP contribution is -2.48. The molecule has 0 N–H and O–H groups in total. The average Bonchev–Trinajstić information content (AvgIpc) is 2.87. The van der Waals surface area contributed by atoms with Gasteiger partial charge in [-0.25, -0.2) is 4.79 Å². The molecule has 0 aliphatic carbocycles. The molecule has 122 valence electrons. The number of fused-ring (bicyclic) bond motifs is 1. The molecule has 2 heterocycles. The fourth-order valence-corrected chi connectivity index (χ4v) is 2.81. The fourth-order valence-electron chi connectivity index (χ4n) is 2.81. The molecular weight excluding hydrogens is 298 g/mol. The van der Waals surface area contributed by atoms with Crippen molar-refractivity contribution in [2.24, 2.45) is 7.05 Å². The van der Waals surface area contributed by atoms with E-state index < -0.39 is 0 Å². The van der Waals surface area contributed by atoms with Crippen LogP contribution in [0.25, 0.3) is 11.1 Å². The third kappa shape index (κ3) is 3.13. The van der Waals surface area contributed by atoms with Gasteiger partial charge in [0.1, 0.15) is 0 Å². The normalized spacial score (nSPS) is 15.2. The molecule has 3 rings (SSSR count). The van der Waals surface area contributed by atoms with Crippen molar-refractivity contribution in [3.63, 3.8) is 0 Å². The van der Waals surface area contributed by atoms with Crippen LogP contribution in [0.2, 0.25) is 0 Å². The van der Waals surface area contributed by atoms with E-state index in [2.05, 4.69) is 0 Å². The molecule has 2 amide bonds. The van der Waals surface area contributed by atoms with Crippen molar-refractivity contribution < 1.29 is 14.0 Å². The summed E-state index contributed by atoms with van der Waals surface area (Å²) in [5, 5.41) is 0. The summed E-state index contributed by atoms with van der Waals surface area (Å²) in [4.78, 5) is 37.9. The summed E-state index contributed by atoms with van der Waals surface area (Å²) in [6, 6.07) is 5.53. The average molecular weight is 317 g/mol. The topological polar surface area (TPSA) is 75.8 Å². The molecule has 0 spiro atoms. The van der Waals surface area contributed by atoms with Gasteiger partial charge in [0.2, 0.25) is 12.3 Å². The highest BCUT2D eigenvalue weighted by Gasteiger charge is 2.19. The number of nitrogens with zero attached hydrogens (tertiary/aromatic N) is 3. The van der Waals surface area contributed by atoms with Crippen LogP contribution in [-0.2, 0) is 23.1 Å². The Morgan fingerprint density at radius 2 is 2.00 bits per heavy atom. The molecule has 0 saturated carbocycles. The quantitative estimate of drug-likeness (QED) is 0.763. The Labute approximate surface area is 133 Å². The van der Waals surface area contributed by atoms with Crippen molar-refractivity contribution >= 4 is 23.4 Å². The molecule has 1 fully saturated rings. The zero-order chi connectivity index (χ0) is 16.4. The van der Waals surface area contributed by atoms with E-state index in [9.17, 15) is 14.4 Å². The number of oxazole rings is 1. The third-order valence-electron chi connectivity index (χ3n) is 4.30. The number of carbonyl (C=O) groups is 2. The van der Waals surface area contributed by atoms with E-state index in [-0.39, 0.29) is 11.7 Å². The lowest BCUT2D eigenvalue weighted by Gasteiger charge is -2.32. The zero-order valence-electron chi connectivity index (χ0n) is 13.0. The summed E-state index contributed by atoms with van der Waals surface area (Å²) >= 11 is 0. The highest BCUT2D eigenvalue weighted by atomic mass is 16.4. The Bertz CT molecular complexity index is 784. The lowest BCUT2D eigenvalue weighted by atomic mass is 10.1.